The highest BCUT2D eigenvalue weighted by Gasteiger charge is 2.13. The summed E-state index contributed by atoms with van der Waals surface area (Å²) in [7, 11) is 1.86. The molecule has 0 aliphatic heterocycles. The van der Waals surface area contributed by atoms with Crippen LogP contribution in [0.2, 0.25) is 5.15 Å². The molecule has 0 N–H and O–H groups in total. The lowest BCUT2D eigenvalue weighted by molar-refractivity contribution is 0.607. The predicted octanol–water partition coefficient (Wildman–Crippen LogP) is 3.52. The number of hydrogen-bond acceptors (Lipinski definition) is 3. The molecule has 1 heterocycles. The largest absolute Gasteiger partial charge is 0.355 e. The zero-order chi connectivity index (χ0) is 14.0. The Hall–Kier alpha value is -1.68. The SMILES string of the molecule is Cc1nc(Cl)c(C)c(N(C)Cc2ccccc2F)n1. The van der Waals surface area contributed by atoms with E-state index in [9.17, 15) is 4.39 Å². The molecule has 1 aromatic carbocycles. The first-order chi connectivity index (χ1) is 8.99. The molecule has 0 radical (unpaired) electrons. The third kappa shape index (κ3) is 3.01. The van der Waals surface area contributed by atoms with Crippen LogP contribution in [0.3, 0.4) is 0 Å². The number of nitrogens with zero attached hydrogens (tertiary/aromatic N) is 3. The van der Waals surface area contributed by atoms with E-state index in [1.165, 1.54) is 6.07 Å². The lowest BCUT2D eigenvalue weighted by Gasteiger charge is -2.21. The van der Waals surface area contributed by atoms with E-state index < -0.39 is 0 Å². The maximum atomic E-state index is 13.6. The number of aromatic nitrogens is 2. The Balaban J connectivity index is 2.30. The summed E-state index contributed by atoms with van der Waals surface area (Å²) in [5.74, 6) is 1.11. The second-order valence-electron chi connectivity index (χ2n) is 4.46. The van der Waals surface area contributed by atoms with Gasteiger partial charge in [-0.3, -0.25) is 0 Å². The van der Waals surface area contributed by atoms with Crippen molar-refractivity contribution in [3.63, 3.8) is 0 Å². The van der Waals surface area contributed by atoms with Crippen LogP contribution in [-0.2, 0) is 6.54 Å². The summed E-state index contributed by atoms with van der Waals surface area (Å²) >= 11 is 6.05. The summed E-state index contributed by atoms with van der Waals surface area (Å²) in [5.41, 5.74) is 1.42. The molecule has 5 heteroatoms. The molecule has 1 aromatic heterocycles. The molecule has 0 fully saturated rings. The molecular formula is C14H15ClFN3. The predicted molar refractivity (Wildman–Crippen MR) is 75.0 cm³/mol. The van der Waals surface area contributed by atoms with E-state index in [4.69, 9.17) is 11.6 Å². The van der Waals surface area contributed by atoms with Gasteiger partial charge in [0.2, 0.25) is 0 Å². The van der Waals surface area contributed by atoms with E-state index >= 15 is 0 Å². The van der Waals surface area contributed by atoms with Crippen LogP contribution in [0, 0.1) is 19.7 Å². The van der Waals surface area contributed by atoms with Crippen LogP contribution in [0.4, 0.5) is 10.2 Å². The molecule has 0 saturated carbocycles. The van der Waals surface area contributed by atoms with Crippen LogP contribution in [-0.4, -0.2) is 17.0 Å². The average Bonchev–Trinajstić information content (AvgIpc) is 2.36. The molecule has 0 spiro atoms. The van der Waals surface area contributed by atoms with Crippen LogP contribution in [0.1, 0.15) is 17.0 Å². The van der Waals surface area contributed by atoms with Crippen molar-refractivity contribution in [1.82, 2.24) is 9.97 Å². The first-order valence-corrected chi connectivity index (χ1v) is 6.32. The van der Waals surface area contributed by atoms with E-state index in [-0.39, 0.29) is 5.82 Å². The summed E-state index contributed by atoms with van der Waals surface area (Å²) in [6, 6.07) is 6.71. The van der Waals surface area contributed by atoms with Crippen molar-refractivity contribution in [3.05, 3.63) is 52.2 Å². The molecule has 2 aromatic rings. The van der Waals surface area contributed by atoms with E-state index in [1.54, 1.807) is 19.1 Å². The molecule has 0 aliphatic carbocycles. The van der Waals surface area contributed by atoms with E-state index in [2.05, 4.69) is 9.97 Å². The minimum absolute atomic E-state index is 0.219. The number of aryl methyl sites for hydroxylation is 1. The average molecular weight is 280 g/mol. The molecule has 0 atom stereocenters. The summed E-state index contributed by atoms with van der Waals surface area (Å²) in [4.78, 5) is 10.3. The third-order valence-electron chi connectivity index (χ3n) is 2.90. The molecule has 3 nitrogen and oxygen atoms in total. The van der Waals surface area contributed by atoms with E-state index in [1.807, 2.05) is 24.9 Å². The number of benzene rings is 1. The Kier molecular flexibility index (Phi) is 4.00. The van der Waals surface area contributed by atoms with Gasteiger partial charge in [0.15, 0.2) is 0 Å². The van der Waals surface area contributed by atoms with Gasteiger partial charge in [0.05, 0.1) is 0 Å². The maximum Gasteiger partial charge on any atom is 0.137 e. The van der Waals surface area contributed by atoms with Gasteiger partial charge < -0.3 is 4.90 Å². The van der Waals surface area contributed by atoms with Gasteiger partial charge in [-0.1, -0.05) is 29.8 Å². The van der Waals surface area contributed by atoms with Gasteiger partial charge in [-0.25, -0.2) is 14.4 Å². The van der Waals surface area contributed by atoms with Crippen molar-refractivity contribution in [2.75, 3.05) is 11.9 Å². The van der Waals surface area contributed by atoms with Crippen LogP contribution in [0.25, 0.3) is 0 Å². The van der Waals surface area contributed by atoms with Crippen molar-refractivity contribution >= 4 is 17.4 Å². The standard InChI is InChI=1S/C14H15ClFN3/c1-9-13(15)17-10(2)18-14(9)19(3)8-11-6-4-5-7-12(11)16/h4-7H,8H2,1-3H3. The first kappa shape index (κ1) is 13.7. The topological polar surface area (TPSA) is 29.0 Å². The smallest absolute Gasteiger partial charge is 0.137 e. The summed E-state index contributed by atoms with van der Waals surface area (Å²) in [6.45, 7) is 4.07. The Morgan fingerprint density at radius 3 is 2.58 bits per heavy atom. The van der Waals surface area contributed by atoms with Crippen LogP contribution in [0.15, 0.2) is 24.3 Å². The van der Waals surface area contributed by atoms with Gasteiger partial charge in [0.1, 0.15) is 22.6 Å². The summed E-state index contributed by atoms with van der Waals surface area (Å²) in [6.07, 6.45) is 0. The molecule has 0 saturated heterocycles. The number of rotatable bonds is 3. The number of hydrogen-bond donors (Lipinski definition) is 0. The van der Waals surface area contributed by atoms with Crippen molar-refractivity contribution in [3.8, 4) is 0 Å². The van der Waals surface area contributed by atoms with Gasteiger partial charge in [0.25, 0.3) is 0 Å². The van der Waals surface area contributed by atoms with Gasteiger partial charge in [-0.2, -0.15) is 0 Å². The highest BCUT2D eigenvalue weighted by atomic mass is 35.5. The fraction of sp³-hybridized carbons (Fsp3) is 0.286. The van der Waals surface area contributed by atoms with Gasteiger partial charge in [-0.05, 0) is 19.9 Å². The number of halogens is 2. The number of anilines is 1. The fourth-order valence-electron chi connectivity index (χ4n) is 1.91. The fourth-order valence-corrected chi connectivity index (χ4v) is 2.12. The molecule has 100 valence electrons. The van der Waals surface area contributed by atoms with E-state index in [0.29, 0.717) is 23.1 Å². The van der Waals surface area contributed by atoms with Crippen molar-refractivity contribution in [2.45, 2.75) is 20.4 Å². The monoisotopic (exact) mass is 279 g/mol. The van der Waals surface area contributed by atoms with Crippen molar-refractivity contribution < 1.29 is 4.39 Å². The lowest BCUT2D eigenvalue weighted by Crippen LogP contribution is -2.20. The minimum Gasteiger partial charge on any atom is -0.355 e. The highest BCUT2D eigenvalue weighted by Crippen LogP contribution is 2.24. The Labute approximate surface area is 117 Å². The zero-order valence-corrected chi connectivity index (χ0v) is 11.9. The maximum absolute atomic E-state index is 13.6. The van der Waals surface area contributed by atoms with Gasteiger partial charge in [-0.15, -0.1) is 0 Å². The summed E-state index contributed by atoms with van der Waals surface area (Å²) < 4.78 is 13.6. The molecular weight excluding hydrogens is 265 g/mol. The Morgan fingerprint density at radius 2 is 1.89 bits per heavy atom. The van der Waals surface area contributed by atoms with E-state index in [0.717, 1.165) is 11.4 Å². The molecule has 0 amide bonds. The van der Waals surface area contributed by atoms with Crippen LogP contribution < -0.4 is 4.90 Å². The molecule has 0 aliphatic rings. The highest BCUT2D eigenvalue weighted by molar-refractivity contribution is 6.30. The second kappa shape index (κ2) is 5.53. The molecule has 0 bridgehead atoms. The molecule has 2 rings (SSSR count). The zero-order valence-electron chi connectivity index (χ0n) is 11.1. The Bertz CT molecular complexity index is 601. The van der Waals surface area contributed by atoms with Crippen molar-refractivity contribution in [1.29, 1.82) is 0 Å². The van der Waals surface area contributed by atoms with Crippen LogP contribution in [0.5, 0.6) is 0 Å². The van der Waals surface area contributed by atoms with Gasteiger partial charge >= 0.3 is 0 Å². The summed E-state index contributed by atoms with van der Waals surface area (Å²) in [5, 5.41) is 0.433. The Morgan fingerprint density at radius 1 is 1.21 bits per heavy atom. The van der Waals surface area contributed by atoms with Gasteiger partial charge in [0, 0.05) is 24.7 Å². The minimum atomic E-state index is -0.219. The first-order valence-electron chi connectivity index (χ1n) is 5.94. The van der Waals surface area contributed by atoms with Crippen LogP contribution >= 0.6 is 11.6 Å². The lowest BCUT2D eigenvalue weighted by atomic mass is 10.2. The third-order valence-corrected chi connectivity index (χ3v) is 3.27. The molecule has 0 unspecified atom stereocenters. The molecule has 19 heavy (non-hydrogen) atoms. The quantitative estimate of drug-likeness (QED) is 0.805. The normalized spacial score (nSPS) is 10.6. The second-order valence-corrected chi connectivity index (χ2v) is 4.82. The van der Waals surface area contributed by atoms with Crippen molar-refractivity contribution in [2.24, 2.45) is 0 Å².